The van der Waals surface area contributed by atoms with Crippen LogP contribution in [0.1, 0.15) is 24.0 Å². The summed E-state index contributed by atoms with van der Waals surface area (Å²) in [5.41, 5.74) is 5.69. The molecule has 0 saturated carbocycles. The molecule has 0 radical (unpaired) electrons. The van der Waals surface area contributed by atoms with Gasteiger partial charge in [0.15, 0.2) is 0 Å². The van der Waals surface area contributed by atoms with E-state index in [-0.39, 0.29) is 24.7 Å². The average Bonchev–Trinajstić information content (AvgIpc) is 3.11. The van der Waals surface area contributed by atoms with E-state index in [0.29, 0.717) is 0 Å². The second-order valence-electron chi connectivity index (χ2n) is 6.31. The van der Waals surface area contributed by atoms with Crippen LogP contribution in [0, 0.1) is 0 Å². The molecular formula is C19H17N3O3. The Balaban J connectivity index is 1.39. The summed E-state index contributed by atoms with van der Waals surface area (Å²) in [4.78, 5) is 34.6. The Labute approximate surface area is 144 Å². The summed E-state index contributed by atoms with van der Waals surface area (Å²) >= 11 is 0. The zero-order valence-electron chi connectivity index (χ0n) is 13.5. The second kappa shape index (κ2) is 6.05. The molecule has 1 aliphatic heterocycles. The lowest BCUT2D eigenvalue weighted by Crippen LogP contribution is -2.30. The van der Waals surface area contributed by atoms with Gasteiger partial charge in [0.25, 0.3) is 5.91 Å². The van der Waals surface area contributed by atoms with Crippen molar-refractivity contribution in [3.63, 3.8) is 0 Å². The molecule has 1 heterocycles. The lowest BCUT2D eigenvalue weighted by atomic mass is 10.1. The van der Waals surface area contributed by atoms with Crippen LogP contribution in [0.25, 0.3) is 11.1 Å². The van der Waals surface area contributed by atoms with Gasteiger partial charge in [-0.1, -0.05) is 30.3 Å². The van der Waals surface area contributed by atoms with Crippen LogP contribution in [-0.2, 0) is 16.0 Å². The molecule has 6 heteroatoms. The van der Waals surface area contributed by atoms with Crippen molar-refractivity contribution in [2.24, 2.45) is 0 Å². The molecule has 2 aromatic carbocycles. The van der Waals surface area contributed by atoms with Gasteiger partial charge in [-0.25, -0.2) is 4.79 Å². The van der Waals surface area contributed by atoms with Crippen LogP contribution >= 0.6 is 0 Å². The van der Waals surface area contributed by atoms with E-state index in [1.54, 1.807) is 0 Å². The number of amides is 4. The Morgan fingerprint density at radius 3 is 2.68 bits per heavy atom. The molecule has 126 valence electrons. The minimum absolute atomic E-state index is 0.162. The molecule has 0 unspecified atom stereocenters. The molecule has 3 N–H and O–H groups in total. The van der Waals surface area contributed by atoms with E-state index in [9.17, 15) is 14.4 Å². The minimum atomic E-state index is -0.632. The van der Waals surface area contributed by atoms with Crippen LogP contribution in [0.2, 0.25) is 0 Å². The summed E-state index contributed by atoms with van der Waals surface area (Å²) in [5, 5.41) is 7.51. The number of urea groups is 1. The molecule has 4 rings (SSSR count). The Kier molecular flexibility index (Phi) is 3.72. The fourth-order valence-corrected chi connectivity index (χ4v) is 3.38. The highest BCUT2D eigenvalue weighted by molar-refractivity contribution is 6.04. The topological polar surface area (TPSA) is 87.3 Å². The molecular weight excluding hydrogens is 318 g/mol. The van der Waals surface area contributed by atoms with E-state index in [1.165, 1.54) is 22.3 Å². The fourth-order valence-electron chi connectivity index (χ4n) is 3.38. The van der Waals surface area contributed by atoms with Crippen molar-refractivity contribution in [1.82, 2.24) is 10.6 Å². The van der Waals surface area contributed by atoms with Gasteiger partial charge < -0.3 is 10.6 Å². The normalized spacial score (nSPS) is 17.5. The monoisotopic (exact) mass is 335 g/mol. The van der Waals surface area contributed by atoms with Gasteiger partial charge in [-0.3, -0.25) is 14.9 Å². The zero-order valence-corrected chi connectivity index (χ0v) is 13.5. The van der Waals surface area contributed by atoms with Crippen LogP contribution in [0.5, 0.6) is 0 Å². The first-order chi connectivity index (χ1) is 12.1. The summed E-state index contributed by atoms with van der Waals surface area (Å²) < 4.78 is 0. The maximum Gasteiger partial charge on any atom is 0.322 e. The maximum absolute atomic E-state index is 12.1. The predicted octanol–water partition coefficient (Wildman–Crippen LogP) is 2.18. The summed E-state index contributed by atoms with van der Waals surface area (Å²) in [6.45, 7) is 0. The number of hydrogen-bond acceptors (Lipinski definition) is 3. The van der Waals surface area contributed by atoms with Crippen molar-refractivity contribution < 1.29 is 14.4 Å². The molecule has 0 aromatic heterocycles. The van der Waals surface area contributed by atoms with Gasteiger partial charge in [0.2, 0.25) is 5.91 Å². The van der Waals surface area contributed by atoms with Gasteiger partial charge in [0, 0.05) is 12.1 Å². The largest absolute Gasteiger partial charge is 0.326 e. The van der Waals surface area contributed by atoms with E-state index in [2.05, 4.69) is 28.1 Å². The van der Waals surface area contributed by atoms with Crippen molar-refractivity contribution in [1.29, 1.82) is 0 Å². The third kappa shape index (κ3) is 2.98. The van der Waals surface area contributed by atoms with Gasteiger partial charge in [-0.05, 0) is 47.2 Å². The highest BCUT2D eigenvalue weighted by Crippen LogP contribution is 2.37. The second-order valence-corrected chi connectivity index (χ2v) is 6.31. The fraction of sp³-hybridized carbons (Fsp3) is 0.211. The van der Waals surface area contributed by atoms with Gasteiger partial charge in [-0.15, -0.1) is 0 Å². The third-order valence-electron chi connectivity index (χ3n) is 4.60. The van der Waals surface area contributed by atoms with Gasteiger partial charge in [-0.2, -0.15) is 0 Å². The summed E-state index contributed by atoms with van der Waals surface area (Å²) in [5.74, 6) is -0.558. The first-order valence-corrected chi connectivity index (χ1v) is 8.22. The molecule has 1 saturated heterocycles. The highest BCUT2D eigenvalue weighted by Gasteiger charge is 2.29. The van der Waals surface area contributed by atoms with Crippen molar-refractivity contribution in [3.05, 3.63) is 53.6 Å². The number of fused-ring (bicyclic) bond motifs is 3. The minimum Gasteiger partial charge on any atom is -0.326 e. The van der Waals surface area contributed by atoms with Crippen molar-refractivity contribution in [2.75, 3.05) is 5.32 Å². The molecule has 4 amide bonds. The number of carbonyl (C=O) groups excluding carboxylic acids is 3. The van der Waals surface area contributed by atoms with Crippen LogP contribution in [0.15, 0.2) is 42.5 Å². The van der Waals surface area contributed by atoms with Gasteiger partial charge in [0.05, 0.1) is 0 Å². The molecule has 2 aromatic rings. The Morgan fingerprint density at radius 1 is 1.08 bits per heavy atom. The number of rotatable bonds is 4. The number of hydrogen-bond donors (Lipinski definition) is 3. The average molecular weight is 335 g/mol. The lowest BCUT2D eigenvalue weighted by Gasteiger charge is -2.09. The number of nitrogens with one attached hydrogen (secondary N) is 3. The van der Waals surface area contributed by atoms with E-state index in [1.807, 2.05) is 30.3 Å². The number of benzene rings is 2. The van der Waals surface area contributed by atoms with Crippen LogP contribution in [0.4, 0.5) is 10.5 Å². The SMILES string of the molecule is O=C(CC[C@H]1NC(=O)NC1=O)Nc1ccc2c(c1)Cc1ccccc1-2. The number of anilines is 1. The number of carbonyl (C=O) groups is 3. The van der Waals surface area contributed by atoms with Crippen LogP contribution < -0.4 is 16.0 Å². The van der Waals surface area contributed by atoms with E-state index < -0.39 is 12.1 Å². The molecule has 1 atom stereocenters. The first-order valence-electron chi connectivity index (χ1n) is 8.22. The lowest BCUT2D eigenvalue weighted by molar-refractivity contribution is -0.120. The highest BCUT2D eigenvalue weighted by atomic mass is 16.2. The first kappa shape index (κ1) is 15.4. The van der Waals surface area contributed by atoms with Crippen LogP contribution in [0.3, 0.4) is 0 Å². The Bertz CT molecular complexity index is 891. The Hall–Kier alpha value is -3.15. The van der Waals surface area contributed by atoms with Crippen molar-refractivity contribution >= 4 is 23.5 Å². The molecule has 2 aliphatic rings. The maximum atomic E-state index is 12.1. The standard InChI is InChI=1S/C19H17N3O3/c23-17(8-7-16-18(24)22-19(25)21-16)20-13-5-6-15-12(10-13)9-11-3-1-2-4-14(11)15/h1-6,10,16H,7-9H2,(H,20,23)(H2,21,22,24,25)/t16-/m1/s1. The molecule has 0 bridgehead atoms. The van der Waals surface area contributed by atoms with Crippen LogP contribution in [-0.4, -0.2) is 23.9 Å². The summed E-state index contributed by atoms with van der Waals surface area (Å²) in [6.07, 6.45) is 1.30. The molecule has 1 fully saturated rings. The third-order valence-corrected chi connectivity index (χ3v) is 4.60. The van der Waals surface area contributed by atoms with Gasteiger partial charge in [0.1, 0.15) is 6.04 Å². The molecule has 1 aliphatic carbocycles. The Morgan fingerprint density at radius 2 is 1.88 bits per heavy atom. The van der Waals surface area contributed by atoms with E-state index in [4.69, 9.17) is 0 Å². The quantitative estimate of drug-likeness (QED) is 0.639. The summed E-state index contributed by atoms with van der Waals surface area (Å²) in [6, 6.07) is 13.1. The number of imide groups is 1. The summed E-state index contributed by atoms with van der Waals surface area (Å²) in [7, 11) is 0. The van der Waals surface area contributed by atoms with Crippen molar-refractivity contribution in [3.8, 4) is 11.1 Å². The molecule has 6 nitrogen and oxygen atoms in total. The predicted molar refractivity (Wildman–Crippen MR) is 93.0 cm³/mol. The zero-order chi connectivity index (χ0) is 17.4. The molecule has 25 heavy (non-hydrogen) atoms. The van der Waals surface area contributed by atoms with E-state index in [0.717, 1.165) is 12.1 Å². The van der Waals surface area contributed by atoms with Gasteiger partial charge >= 0.3 is 6.03 Å². The van der Waals surface area contributed by atoms with E-state index >= 15 is 0 Å². The molecule has 0 spiro atoms. The van der Waals surface area contributed by atoms with Crippen molar-refractivity contribution in [2.45, 2.75) is 25.3 Å². The smallest absolute Gasteiger partial charge is 0.322 e.